The van der Waals surface area contributed by atoms with Crippen molar-refractivity contribution in [2.24, 2.45) is 0 Å². The van der Waals surface area contributed by atoms with Crippen molar-refractivity contribution in [2.45, 2.75) is 38.8 Å². The lowest BCUT2D eigenvalue weighted by molar-refractivity contribution is -0.146. The molecule has 0 amide bonds. The Labute approximate surface area is 193 Å². The van der Waals surface area contributed by atoms with Gasteiger partial charge in [-0.15, -0.1) is 0 Å². The van der Waals surface area contributed by atoms with Crippen LogP contribution in [-0.4, -0.2) is 142 Å². The van der Waals surface area contributed by atoms with Gasteiger partial charge in [0.25, 0.3) is 0 Å². The number of carboxylic acids is 3. The van der Waals surface area contributed by atoms with Crippen LogP contribution >= 0.6 is 0 Å². The van der Waals surface area contributed by atoms with Crippen molar-refractivity contribution >= 4 is 30.0 Å². The predicted molar refractivity (Wildman–Crippen MR) is 118 cm³/mol. The van der Waals surface area contributed by atoms with Crippen LogP contribution in [0.3, 0.4) is 0 Å². The highest BCUT2D eigenvalue weighted by Gasteiger charge is 2.29. The first-order valence-corrected chi connectivity index (χ1v) is 11.1. The molecule has 12 nitrogen and oxygen atoms in total. The molecule has 0 bridgehead atoms. The maximum absolute atomic E-state index is 12.0. The number of rotatable bonds is 11. The standard InChI is InChI=1S/C21H36N4O8/c1-16(27)3-4-18(21(32)33)25-10-8-23(15-19(28)29)6-5-22(13-14-26)7-9-24(11-12-25)17(2)20(30)31/h14,17-18H,3-13,15H2,1-2H3,(H,28,29)(H,30,31)(H,32,33). The zero-order chi connectivity index (χ0) is 25.0. The molecule has 0 aromatic heterocycles. The first-order valence-electron chi connectivity index (χ1n) is 11.1. The molecule has 188 valence electrons. The molecule has 0 aromatic carbocycles. The predicted octanol–water partition coefficient (Wildman–Crippen LogP) is -1.21. The van der Waals surface area contributed by atoms with Crippen molar-refractivity contribution in [3.8, 4) is 0 Å². The van der Waals surface area contributed by atoms with E-state index in [0.29, 0.717) is 26.2 Å². The van der Waals surface area contributed by atoms with Gasteiger partial charge in [-0.2, -0.15) is 0 Å². The van der Waals surface area contributed by atoms with Crippen molar-refractivity contribution in [3.63, 3.8) is 0 Å². The molecule has 12 heteroatoms. The van der Waals surface area contributed by atoms with Gasteiger partial charge in [0.1, 0.15) is 24.2 Å². The van der Waals surface area contributed by atoms with E-state index < -0.39 is 30.0 Å². The van der Waals surface area contributed by atoms with E-state index in [-0.39, 0.29) is 57.9 Å². The largest absolute Gasteiger partial charge is 0.480 e. The zero-order valence-corrected chi connectivity index (χ0v) is 19.4. The molecule has 2 atom stereocenters. The minimum Gasteiger partial charge on any atom is -0.480 e. The number of aliphatic carboxylic acids is 3. The molecule has 1 saturated heterocycles. The smallest absolute Gasteiger partial charge is 0.320 e. The van der Waals surface area contributed by atoms with E-state index in [4.69, 9.17) is 0 Å². The van der Waals surface area contributed by atoms with Gasteiger partial charge in [-0.05, 0) is 20.3 Å². The van der Waals surface area contributed by atoms with Crippen LogP contribution in [0.2, 0.25) is 0 Å². The zero-order valence-electron chi connectivity index (χ0n) is 19.4. The first-order chi connectivity index (χ1) is 15.5. The number of carbonyl (C=O) groups excluding carboxylic acids is 2. The third kappa shape index (κ3) is 10.8. The van der Waals surface area contributed by atoms with Gasteiger partial charge in [-0.1, -0.05) is 0 Å². The molecule has 1 heterocycles. The Bertz CT molecular complexity index is 689. The van der Waals surface area contributed by atoms with Gasteiger partial charge in [-0.25, -0.2) is 0 Å². The van der Waals surface area contributed by atoms with Crippen LogP contribution in [0.5, 0.6) is 0 Å². The number of nitrogens with zero attached hydrogens (tertiary/aromatic N) is 4. The van der Waals surface area contributed by atoms with Gasteiger partial charge in [0.05, 0.1) is 13.1 Å². The van der Waals surface area contributed by atoms with E-state index in [1.54, 1.807) is 21.6 Å². The number of hydrogen-bond acceptors (Lipinski definition) is 9. The Morgan fingerprint density at radius 1 is 0.818 bits per heavy atom. The molecule has 1 rings (SSSR count). The van der Waals surface area contributed by atoms with Gasteiger partial charge in [0, 0.05) is 58.8 Å². The van der Waals surface area contributed by atoms with Crippen molar-refractivity contribution < 1.29 is 39.3 Å². The number of carbonyl (C=O) groups is 5. The third-order valence-electron chi connectivity index (χ3n) is 5.91. The van der Waals surface area contributed by atoms with Gasteiger partial charge < -0.3 is 24.9 Å². The van der Waals surface area contributed by atoms with Crippen molar-refractivity contribution in [3.05, 3.63) is 0 Å². The Kier molecular flexibility index (Phi) is 12.7. The van der Waals surface area contributed by atoms with Crippen LogP contribution in [0.1, 0.15) is 26.7 Å². The summed E-state index contributed by atoms with van der Waals surface area (Å²) < 4.78 is 0. The monoisotopic (exact) mass is 472 g/mol. The molecule has 2 unspecified atom stereocenters. The fraction of sp³-hybridized carbons (Fsp3) is 0.762. The van der Waals surface area contributed by atoms with E-state index in [2.05, 4.69) is 0 Å². The maximum Gasteiger partial charge on any atom is 0.320 e. The second-order valence-corrected chi connectivity index (χ2v) is 8.32. The van der Waals surface area contributed by atoms with Crippen molar-refractivity contribution in [2.75, 3.05) is 65.4 Å². The lowest BCUT2D eigenvalue weighted by atomic mass is 10.1. The number of Topliss-reactive ketones (excluding diaryl/α,β-unsaturated/α-hetero) is 1. The van der Waals surface area contributed by atoms with Crippen LogP contribution in [0.25, 0.3) is 0 Å². The summed E-state index contributed by atoms with van der Waals surface area (Å²) in [5.74, 6) is -3.22. The number of ketones is 1. The van der Waals surface area contributed by atoms with Gasteiger partial charge in [0.2, 0.25) is 0 Å². The first kappa shape index (κ1) is 28.6. The average Bonchev–Trinajstić information content (AvgIpc) is 2.72. The summed E-state index contributed by atoms with van der Waals surface area (Å²) in [5, 5.41) is 28.5. The molecular weight excluding hydrogens is 436 g/mol. The highest BCUT2D eigenvalue weighted by Crippen LogP contribution is 2.11. The van der Waals surface area contributed by atoms with Gasteiger partial charge in [-0.3, -0.25) is 34.0 Å². The Morgan fingerprint density at radius 2 is 1.33 bits per heavy atom. The van der Waals surface area contributed by atoms with E-state index in [1.165, 1.54) is 6.92 Å². The van der Waals surface area contributed by atoms with E-state index in [1.807, 2.05) is 4.90 Å². The van der Waals surface area contributed by atoms with Gasteiger partial charge >= 0.3 is 17.9 Å². The maximum atomic E-state index is 12.0. The van der Waals surface area contributed by atoms with Crippen LogP contribution in [0.15, 0.2) is 0 Å². The summed E-state index contributed by atoms with van der Waals surface area (Å²) in [7, 11) is 0. The third-order valence-corrected chi connectivity index (χ3v) is 5.91. The number of hydrogen-bond donors (Lipinski definition) is 3. The molecule has 3 N–H and O–H groups in total. The highest BCUT2D eigenvalue weighted by molar-refractivity contribution is 5.78. The molecule has 0 aliphatic carbocycles. The summed E-state index contributed by atoms with van der Waals surface area (Å²) in [5.41, 5.74) is 0. The summed E-state index contributed by atoms with van der Waals surface area (Å²) in [6.45, 7) is 5.42. The molecule has 0 radical (unpaired) electrons. The topological polar surface area (TPSA) is 159 Å². The summed E-state index contributed by atoms with van der Waals surface area (Å²) >= 11 is 0. The van der Waals surface area contributed by atoms with Crippen LogP contribution in [-0.2, 0) is 24.0 Å². The quantitative estimate of drug-likeness (QED) is 0.308. The summed E-state index contributed by atoms with van der Waals surface area (Å²) in [6.07, 6.45) is 0.972. The minimum atomic E-state index is -1.08. The highest BCUT2D eigenvalue weighted by atomic mass is 16.4. The number of carboxylic acid groups (broad SMARTS) is 3. The van der Waals surface area contributed by atoms with Crippen LogP contribution < -0.4 is 0 Å². The summed E-state index contributed by atoms with van der Waals surface area (Å²) in [6, 6.07) is -1.76. The second kappa shape index (κ2) is 14.7. The van der Waals surface area contributed by atoms with Crippen LogP contribution in [0.4, 0.5) is 0 Å². The average molecular weight is 473 g/mol. The van der Waals surface area contributed by atoms with Crippen LogP contribution in [0, 0.1) is 0 Å². The minimum absolute atomic E-state index is 0.0994. The molecule has 1 aliphatic heterocycles. The van der Waals surface area contributed by atoms with E-state index in [9.17, 15) is 39.3 Å². The molecule has 0 saturated carbocycles. The second-order valence-electron chi connectivity index (χ2n) is 8.32. The number of aldehydes is 1. The van der Waals surface area contributed by atoms with Crippen molar-refractivity contribution in [1.82, 2.24) is 19.6 Å². The molecule has 1 fully saturated rings. The summed E-state index contributed by atoms with van der Waals surface area (Å²) in [4.78, 5) is 64.4. The fourth-order valence-corrected chi connectivity index (χ4v) is 3.82. The molecular formula is C21H36N4O8. The Balaban J connectivity index is 3.16. The molecule has 0 aromatic rings. The Hall–Kier alpha value is -2.41. The lowest BCUT2D eigenvalue weighted by Gasteiger charge is -2.36. The molecule has 1 aliphatic rings. The molecule has 33 heavy (non-hydrogen) atoms. The normalized spacial score (nSPS) is 20.2. The van der Waals surface area contributed by atoms with Crippen molar-refractivity contribution in [1.29, 1.82) is 0 Å². The van der Waals surface area contributed by atoms with E-state index in [0.717, 1.165) is 6.29 Å². The lowest BCUT2D eigenvalue weighted by Crippen LogP contribution is -2.53. The van der Waals surface area contributed by atoms with Gasteiger partial charge in [0.15, 0.2) is 0 Å². The SMILES string of the molecule is CC(=O)CCC(C(=O)O)N1CCN(CC(=O)O)CCN(CC=O)CCN(C(C)C(=O)O)CC1. The fourth-order valence-electron chi connectivity index (χ4n) is 3.82. The molecule has 0 spiro atoms. The Morgan fingerprint density at radius 3 is 1.88 bits per heavy atom. The van der Waals surface area contributed by atoms with E-state index >= 15 is 0 Å².